The zero-order chi connectivity index (χ0) is 49.2. The highest BCUT2D eigenvalue weighted by molar-refractivity contribution is 5.72. The predicted molar refractivity (Wildman–Crippen MR) is 284 cm³/mol. The topological polar surface area (TPSA) is 99.1 Å². The Kier molecular flexibility index (Phi) is 44.7. The second-order valence-electron chi connectivity index (χ2n) is 17.7. The number of allylic oxidation sites excluding steroid dienone is 22. The largest absolute Gasteiger partial charge is 0.477 e. The van der Waals surface area contributed by atoms with Crippen LogP contribution in [0, 0.1) is 0 Å². The second kappa shape index (κ2) is 47.9. The first kappa shape index (κ1) is 62.5. The van der Waals surface area contributed by atoms with E-state index < -0.39 is 18.1 Å². The predicted octanol–water partition coefficient (Wildman–Crippen LogP) is 15.1. The molecule has 0 aromatic heterocycles. The molecule has 0 aliphatic rings. The van der Waals surface area contributed by atoms with E-state index in [0.29, 0.717) is 19.3 Å². The molecule has 0 aromatic carbocycles. The maximum atomic E-state index is 12.8. The molecule has 1 N–H and O–H groups in total. The lowest BCUT2D eigenvalue weighted by Crippen LogP contribution is -2.50. The van der Waals surface area contributed by atoms with Gasteiger partial charge in [-0.25, -0.2) is 4.79 Å². The third kappa shape index (κ3) is 46.4. The zero-order valence-electron chi connectivity index (χ0n) is 42.8. The lowest BCUT2D eigenvalue weighted by atomic mass is 10.1. The molecule has 0 rings (SSSR count). The number of rotatable bonds is 44. The molecule has 0 radical (unpaired) electrons. The third-order valence-corrected chi connectivity index (χ3v) is 10.5. The number of hydrogen-bond donors (Lipinski definition) is 1. The van der Waals surface area contributed by atoms with Crippen molar-refractivity contribution in [2.75, 3.05) is 41.0 Å². The summed E-state index contributed by atoms with van der Waals surface area (Å²) in [5.74, 6) is -1.56. The molecular formula is C59H94NO7+. The Morgan fingerprint density at radius 3 is 1.19 bits per heavy atom. The summed E-state index contributed by atoms with van der Waals surface area (Å²) >= 11 is 0. The molecule has 0 spiro atoms. The maximum absolute atomic E-state index is 12.8. The minimum absolute atomic E-state index is 0.0308. The van der Waals surface area contributed by atoms with Gasteiger partial charge in [0.05, 0.1) is 34.4 Å². The van der Waals surface area contributed by atoms with Crippen LogP contribution in [0.3, 0.4) is 0 Å². The Hall–Kier alpha value is -4.53. The highest BCUT2D eigenvalue weighted by Crippen LogP contribution is 2.13. The summed E-state index contributed by atoms with van der Waals surface area (Å²) in [5.41, 5.74) is 0. The molecule has 8 nitrogen and oxygen atoms in total. The lowest BCUT2D eigenvalue weighted by Gasteiger charge is -2.31. The van der Waals surface area contributed by atoms with Crippen LogP contribution in [-0.2, 0) is 28.6 Å². The number of quaternary nitrogens is 1. The van der Waals surface area contributed by atoms with E-state index in [2.05, 4.69) is 148 Å². The van der Waals surface area contributed by atoms with Crippen LogP contribution in [0.15, 0.2) is 134 Å². The molecule has 2 atom stereocenters. The standard InChI is InChI=1S/C59H93NO7/c1-6-8-10-12-14-16-18-20-22-24-26-28-30-32-34-36-38-40-42-44-46-48-50-58(62)67-55(53-65-52-51-56(59(63)64)60(3,4)5)54-66-57(61)49-47-45-43-41-39-37-35-33-31-29-27-25-23-21-19-17-15-13-11-9-7-2/h8-11,14-17,20-23,26-29,32-35,39,41,55-56H,6-7,12-13,18-19,24-25,30-31,36-38,40,42-54H2,1-5H3/p+1/b10-8+,11-9+,16-14+,17-15+,22-20+,23-21+,28-26+,29-27+,34-32+,35-33+,41-39+. The Labute approximate surface area is 409 Å². The van der Waals surface area contributed by atoms with Crippen molar-refractivity contribution < 1.29 is 38.2 Å². The average molecular weight is 929 g/mol. The van der Waals surface area contributed by atoms with Crippen molar-refractivity contribution in [2.24, 2.45) is 0 Å². The van der Waals surface area contributed by atoms with Crippen LogP contribution in [-0.4, -0.2) is 80.6 Å². The van der Waals surface area contributed by atoms with Gasteiger partial charge in [0, 0.05) is 19.3 Å². The first-order chi connectivity index (χ1) is 32.6. The summed E-state index contributed by atoms with van der Waals surface area (Å²) in [5, 5.41) is 9.66. The molecule has 0 aliphatic heterocycles. The molecule has 0 bridgehead atoms. The van der Waals surface area contributed by atoms with Crippen LogP contribution in [0.25, 0.3) is 0 Å². The lowest BCUT2D eigenvalue weighted by molar-refractivity contribution is -0.887. The maximum Gasteiger partial charge on any atom is 0.362 e. The molecule has 67 heavy (non-hydrogen) atoms. The summed E-state index contributed by atoms with van der Waals surface area (Å²) in [4.78, 5) is 37.2. The summed E-state index contributed by atoms with van der Waals surface area (Å²) in [7, 11) is 5.50. The van der Waals surface area contributed by atoms with Gasteiger partial charge < -0.3 is 23.8 Å². The molecule has 0 amide bonds. The van der Waals surface area contributed by atoms with E-state index in [1.165, 1.54) is 12.8 Å². The van der Waals surface area contributed by atoms with E-state index in [1.54, 1.807) is 0 Å². The molecule has 0 saturated carbocycles. The molecule has 376 valence electrons. The Balaban J connectivity index is 4.40. The quantitative estimate of drug-likeness (QED) is 0.0281. The zero-order valence-corrected chi connectivity index (χ0v) is 42.8. The van der Waals surface area contributed by atoms with E-state index in [9.17, 15) is 19.5 Å². The molecular weight excluding hydrogens is 835 g/mol. The van der Waals surface area contributed by atoms with Crippen molar-refractivity contribution in [2.45, 2.75) is 180 Å². The summed E-state index contributed by atoms with van der Waals surface area (Å²) < 4.78 is 17.3. The van der Waals surface area contributed by atoms with E-state index in [1.807, 2.05) is 21.1 Å². The Morgan fingerprint density at radius 1 is 0.448 bits per heavy atom. The number of carbonyl (C=O) groups excluding carboxylic acids is 2. The van der Waals surface area contributed by atoms with Gasteiger partial charge in [0.1, 0.15) is 6.61 Å². The smallest absolute Gasteiger partial charge is 0.362 e. The van der Waals surface area contributed by atoms with Gasteiger partial charge in [0.25, 0.3) is 0 Å². The van der Waals surface area contributed by atoms with Gasteiger partial charge >= 0.3 is 17.9 Å². The van der Waals surface area contributed by atoms with E-state index in [0.717, 1.165) is 116 Å². The van der Waals surface area contributed by atoms with Gasteiger partial charge in [0.15, 0.2) is 12.1 Å². The number of carboxylic acids is 1. The Bertz CT molecular complexity index is 1550. The highest BCUT2D eigenvalue weighted by atomic mass is 16.6. The molecule has 0 fully saturated rings. The van der Waals surface area contributed by atoms with Gasteiger partial charge in [-0.15, -0.1) is 0 Å². The number of ether oxygens (including phenoxy) is 3. The van der Waals surface area contributed by atoms with Crippen molar-refractivity contribution in [3.05, 3.63) is 134 Å². The van der Waals surface area contributed by atoms with Crippen LogP contribution in [0.1, 0.15) is 168 Å². The summed E-state index contributed by atoms with van der Waals surface area (Å²) in [6.45, 7) is 4.43. The van der Waals surface area contributed by atoms with Gasteiger partial charge in [0.2, 0.25) is 0 Å². The van der Waals surface area contributed by atoms with Crippen molar-refractivity contribution in [1.82, 2.24) is 0 Å². The van der Waals surface area contributed by atoms with Crippen LogP contribution in [0.5, 0.6) is 0 Å². The Morgan fingerprint density at radius 2 is 0.791 bits per heavy atom. The molecule has 2 unspecified atom stereocenters. The van der Waals surface area contributed by atoms with E-state index >= 15 is 0 Å². The summed E-state index contributed by atoms with van der Waals surface area (Å²) in [6.07, 6.45) is 69.3. The van der Waals surface area contributed by atoms with Crippen LogP contribution in [0.2, 0.25) is 0 Å². The minimum atomic E-state index is -0.890. The van der Waals surface area contributed by atoms with E-state index in [4.69, 9.17) is 14.2 Å². The van der Waals surface area contributed by atoms with Crippen molar-refractivity contribution >= 4 is 17.9 Å². The number of likely N-dealkylation sites (N-methyl/N-ethyl adjacent to an activating group) is 1. The number of hydrogen-bond acceptors (Lipinski definition) is 6. The number of carbonyl (C=O) groups is 3. The van der Waals surface area contributed by atoms with Gasteiger partial charge in [-0.3, -0.25) is 9.59 Å². The number of esters is 2. The monoisotopic (exact) mass is 929 g/mol. The number of carboxylic acid groups (broad SMARTS) is 1. The fourth-order valence-corrected chi connectivity index (χ4v) is 6.65. The third-order valence-electron chi connectivity index (χ3n) is 10.5. The summed E-state index contributed by atoms with van der Waals surface area (Å²) in [6, 6.07) is -0.634. The second-order valence-corrected chi connectivity index (χ2v) is 17.7. The van der Waals surface area contributed by atoms with Crippen molar-refractivity contribution in [3.63, 3.8) is 0 Å². The van der Waals surface area contributed by atoms with Crippen LogP contribution >= 0.6 is 0 Å². The van der Waals surface area contributed by atoms with Crippen molar-refractivity contribution in [3.8, 4) is 0 Å². The number of unbranched alkanes of at least 4 members (excludes halogenated alkanes) is 8. The number of nitrogens with zero attached hydrogens (tertiary/aromatic N) is 1. The van der Waals surface area contributed by atoms with Gasteiger partial charge in [-0.2, -0.15) is 0 Å². The fraction of sp³-hybridized carbons (Fsp3) is 0.576. The first-order valence-corrected chi connectivity index (χ1v) is 25.7. The van der Waals surface area contributed by atoms with Crippen LogP contribution < -0.4 is 0 Å². The van der Waals surface area contributed by atoms with Gasteiger partial charge in [-0.1, -0.05) is 173 Å². The van der Waals surface area contributed by atoms with Gasteiger partial charge in [-0.05, 0) is 109 Å². The molecule has 8 heteroatoms. The van der Waals surface area contributed by atoms with Crippen molar-refractivity contribution in [1.29, 1.82) is 0 Å². The SMILES string of the molecule is CC/C=C/C/C=C/C/C=C/C/C=C/C/C=C/C/C=C/CCCCC(=O)OCC(COCCC(C(=O)O)[N+](C)(C)C)OC(=O)CCCCCCCC/C=C/C/C=C/C/C=C/C/C=C/C/C=C/CC. The molecule has 0 aliphatic carbocycles. The minimum Gasteiger partial charge on any atom is -0.477 e. The molecule has 0 heterocycles. The highest BCUT2D eigenvalue weighted by Gasteiger charge is 2.31. The average Bonchev–Trinajstić information content (AvgIpc) is 3.29. The molecule has 0 saturated heterocycles. The normalized spacial score (nSPS) is 14.0. The van der Waals surface area contributed by atoms with Crippen LogP contribution in [0.4, 0.5) is 0 Å². The first-order valence-electron chi connectivity index (χ1n) is 25.7. The number of aliphatic carboxylic acids is 1. The van der Waals surface area contributed by atoms with E-state index in [-0.39, 0.29) is 42.7 Å². The fourth-order valence-electron chi connectivity index (χ4n) is 6.65. The molecule has 0 aromatic rings.